The summed E-state index contributed by atoms with van der Waals surface area (Å²) >= 11 is 1.88. The molecular weight excluding hydrogens is 685 g/mol. The zero-order valence-corrected chi connectivity index (χ0v) is 30.9. The molecule has 0 aliphatic heterocycles. The van der Waals surface area contributed by atoms with E-state index in [1.807, 2.05) is 11.3 Å². The number of anilines is 6. The second kappa shape index (κ2) is 14.1. The summed E-state index contributed by atoms with van der Waals surface area (Å²) in [5.74, 6) is 0. The minimum Gasteiger partial charge on any atom is -0.308 e. The van der Waals surface area contributed by atoms with E-state index in [1.54, 1.807) is 0 Å². The van der Waals surface area contributed by atoms with Crippen LogP contribution in [0.4, 0.5) is 34.1 Å². The zero-order valence-electron chi connectivity index (χ0n) is 30.1. The maximum Gasteiger partial charge on any atom is 0.0796 e. The molecule has 9 aromatic carbocycles. The maximum absolute atomic E-state index is 2.47. The minimum atomic E-state index is 1.09. The van der Waals surface area contributed by atoms with Crippen LogP contribution >= 0.6 is 11.3 Å². The van der Waals surface area contributed by atoms with Gasteiger partial charge in [0.1, 0.15) is 0 Å². The molecule has 0 N–H and O–H groups in total. The van der Waals surface area contributed by atoms with Crippen LogP contribution in [0.5, 0.6) is 0 Å². The lowest BCUT2D eigenvalue weighted by Gasteiger charge is -2.34. The van der Waals surface area contributed by atoms with E-state index in [9.17, 15) is 0 Å². The van der Waals surface area contributed by atoms with Crippen molar-refractivity contribution in [1.29, 1.82) is 0 Å². The Kier molecular flexibility index (Phi) is 8.40. The lowest BCUT2D eigenvalue weighted by atomic mass is 10.0. The number of benzene rings is 9. The third-order valence-corrected chi connectivity index (χ3v) is 11.6. The van der Waals surface area contributed by atoms with Gasteiger partial charge in [-0.3, -0.25) is 0 Å². The van der Waals surface area contributed by atoms with Crippen molar-refractivity contribution in [3.05, 3.63) is 218 Å². The fourth-order valence-electron chi connectivity index (χ4n) is 7.87. The quantitative estimate of drug-likeness (QED) is 0.154. The van der Waals surface area contributed by atoms with E-state index in [0.29, 0.717) is 0 Å². The van der Waals surface area contributed by atoms with Crippen LogP contribution in [0.1, 0.15) is 0 Å². The summed E-state index contributed by atoms with van der Waals surface area (Å²) in [6.07, 6.45) is 0. The number of rotatable bonds is 8. The molecule has 260 valence electrons. The molecule has 10 rings (SSSR count). The van der Waals surface area contributed by atoms with E-state index in [-0.39, 0.29) is 0 Å². The lowest BCUT2D eigenvalue weighted by molar-refractivity contribution is 1.24. The predicted molar refractivity (Wildman–Crippen MR) is 237 cm³/mol. The Balaban J connectivity index is 1.32. The summed E-state index contributed by atoms with van der Waals surface area (Å²) in [5, 5.41) is 5.02. The number of para-hydroxylation sites is 2. The molecule has 0 aliphatic rings. The van der Waals surface area contributed by atoms with Gasteiger partial charge < -0.3 is 9.80 Å². The molecule has 2 nitrogen and oxygen atoms in total. The number of hydrogen-bond donors (Lipinski definition) is 0. The van der Waals surface area contributed by atoms with Gasteiger partial charge in [-0.05, 0) is 93.7 Å². The second-order valence-corrected chi connectivity index (χ2v) is 14.8. The first-order valence-corrected chi connectivity index (χ1v) is 19.5. The summed E-state index contributed by atoms with van der Waals surface area (Å²) in [4.78, 5) is 4.91. The number of nitrogens with zero attached hydrogens (tertiary/aromatic N) is 2. The van der Waals surface area contributed by atoms with Gasteiger partial charge in [-0.15, -0.1) is 11.3 Å². The highest BCUT2D eigenvalue weighted by Gasteiger charge is 2.27. The summed E-state index contributed by atoms with van der Waals surface area (Å²) in [5.41, 5.74) is 11.3. The van der Waals surface area contributed by atoms with Crippen molar-refractivity contribution in [2.75, 3.05) is 9.80 Å². The van der Waals surface area contributed by atoms with Crippen molar-refractivity contribution >= 4 is 76.4 Å². The third-order valence-electron chi connectivity index (χ3n) is 10.4. The third kappa shape index (κ3) is 6.01. The van der Waals surface area contributed by atoms with Gasteiger partial charge in [-0.2, -0.15) is 0 Å². The molecule has 0 atom stereocenters. The minimum absolute atomic E-state index is 1.09. The molecule has 55 heavy (non-hydrogen) atoms. The van der Waals surface area contributed by atoms with Gasteiger partial charge in [-0.1, -0.05) is 158 Å². The van der Waals surface area contributed by atoms with Crippen LogP contribution in [0.15, 0.2) is 218 Å². The first-order chi connectivity index (χ1) is 27.3. The maximum atomic E-state index is 2.47. The van der Waals surface area contributed by atoms with E-state index < -0.39 is 0 Å². The standard InChI is InChI=1S/C52H36N2S/c1-5-17-37(18-6-1)40-22-15-28-44(35-40)53(42-24-9-3-10-25-42)48-33-34-49-50(47-32-31-39-21-13-14-30-46(39)52(47)55-49)51(48)54(43-26-11-4-12-27-43)45-29-16-23-41(36-45)38-19-7-2-8-20-38/h1-36H. The fourth-order valence-corrected chi connectivity index (χ4v) is 9.11. The average molecular weight is 721 g/mol. The van der Waals surface area contributed by atoms with Crippen LogP contribution in [-0.4, -0.2) is 0 Å². The van der Waals surface area contributed by atoms with Gasteiger partial charge in [0.2, 0.25) is 0 Å². The molecule has 0 amide bonds. The van der Waals surface area contributed by atoms with Crippen molar-refractivity contribution in [1.82, 2.24) is 0 Å². The van der Waals surface area contributed by atoms with E-state index in [1.165, 1.54) is 53.2 Å². The van der Waals surface area contributed by atoms with Crippen LogP contribution in [0.3, 0.4) is 0 Å². The lowest BCUT2D eigenvalue weighted by Crippen LogP contribution is -2.17. The topological polar surface area (TPSA) is 6.48 Å². The molecule has 0 saturated heterocycles. The molecule has 0 unspecified atom stereocenters. The van der Waals surface area contributed by atoms with Gasteiger partial charge in [-0.25, -0.2) is 0 Å². The van der Waals surface area contributed by atoms with Crippen molar-refractivity contribution in [2.24, 2.45) is 0 Å². The molecule has 0 bridgehead atoms. The van der Waals surface area contributed by atoms with Gasteiger partial charge in [0.15, 0.2) is 0 Å². The molecule has 0 spiro atoms. The first-order valence-electron chi connectivity index (χ1n) is 18.7. The van der Waals surface area contributed by atoms with Crippen LogP contribution < -0.4 is 9.80 Å². The highest BCUT2D eigenvalue weighted by Crippen LogP contribution is 2.53. The van der Waals surface area contributed by atoms with Gasteiger partial charge >= 0.3 is 0 Å². The number of thiophene rings is 1. The molecule has 1 aromatic heterocycles. The van der Waals surface area contributed by atoms with E-state index in [2.05, 4.69) is 228 Å². The van der Waals surface area contributed by atoms with Crippen LogP contribution in [-0.2, 0) is 0 Å². The van der Waals surface area contributed by atoms with Crippen molar-refractivity contribution in [2.45, 2.75) is 0 Å². The average Bonchev–Trinajstić information content (AvgIpc) is 3.66. The first kappa shape index (κ1) is 32.7. The molecule has 0 saturated carbocycles. The SMILES string of the molecule is c1ccc(-c2cccc(N(c3ccccc3)c3ccc4sc5c6ccccc6ccc5c4c3N(c3ccccc3)c3cccc(-c4ccccc4)c3)c2)cc1. The van der Waals surface area contributed by atoms with E-state index in [4.69, 9.17) is 0 Å². The van der Waals surface area contributed by atoms with Crippen molar-refractivity contribution in [3.63, 3.8) is 0 Å². The smallest absolute Gasteiger partial charge is 0.0796 e. The molecule has 10 aromatic rings. The summed E-state index contributed by atoms with van der Waals surface area (Å²) in [7, 11) is 0. The normalized spacial score (nSPS) is 11.3. The van der Waals surface area contributed by atoms with Gasteiger partial charge in [0, 0.05) is 42.9 Å². The Morgan fingerprint density at radius 3 is 1.44 bits per heavy atom. The Morgan fingerprint density at radius 1 is 0.327 bits per heavy atom. The van der Waals surface area contributed by atoms with Crippen LogP contribution in [0.2, 0.25) is 0 Å². The summed E-state index contributed by atoms with van der Waals surface area (Å²) < 4.78 is 2.55. The Morgan fingerprint density at radius 2 is 0.818 bits per heavy atom. The largest absolute Gasteiger partial charge is 0.308 e. The summed E-state index contributed by atoms with van der Waals surface area (Å²) in [6.45, 7) is 0. The van der Waals surface area contributed by atoms with E-state index in [0.717, 1.165) is 34.1 Å². The van der Waals surface area contributed by atoms with Crippen molar-refractivity contribution < 1.29 is 0 Å². The van der Waals surface area contributed by atoms with Crippen molar-refractivity contribution in [3.8, 4) is 22.3 Å². The molecule has 0 radical (unpaired) electrons. The fraction of sp³-hybridized carbons (Fsp3) is 0. The highest BCUT2D eigenvalue weighted by atomic mass is 32.1. The highest BCUT2D eigenvalue weighted by molar-refractivity contribution is 7.26. The van der Waals surface area contributed by atoms with E-state index >= 15 is 0 Å². The van der Waals surface area contributed by atoms with Crippen LogP contribution in [0, 0.1) is 0 Å². The van der Waals surface area contributed by atoms with Gasteiger partial charge in [0.25, 0.3) is 0 Å². The number of fused-ring (bicyclic) bond motifs is 5. The molecular formula is C52H36N2S. The second-order valence-electron chi connectivity index (χ2n) is 13.7. The molecule has 0 fully saturated rings. The summed E-state index contributed by atoms with van der Waals surface area (Å²) in [6, 6.07) is 78.9. The predicted octanol–water partition coefficient (Wildman–Crippen LogP) is 15.5. The Bertz CT molecular complexity index is 2920. The monoisotopic (exact) mass is 720 g/mol. The van der Waals surface area contributed by atoms with Crippen LogP contribution in [0.25, 0.3) is 53.2 Å². The Labute approximate surface area is 325 Å². The van der Waals surface area contributed by atoms with Gasteiger partial charge in [0.05, 0.1) is 11.4 Å². The Hall–Kier alpha value is -6.94. The molecule has 3 heteroatoms. The molecule has 1 heterocycles. The zero-order chi connectivity index (χ0) is 36.6. The molecule has 0 aliphatic carbocycles. The number of hydrogen-bond acceptors (Lipinski definition) is 3.